The maximum Gasteiger partial charge on any atom is 0.191 e. The molecule has 2 rings (SSSR count). The Hall–Kier alpha value is -1.19. The van der Waals surface area contributed by atoms with Crippen molar-refractivity contribution >= 4 is 41.3 Å². The number of aromatic nitrogens is 1. The van der Waals surface area contributed by atoms with Crippen molar-refractivity contribution in [2.75, 3.05) is 21.1 Å². The monoisotopic (exact) mass is 473 g/mol. The standard InChI is InChI=1S/C18H27N5S.HI/c1-13-17(24-14(2)22-13)11-21-18(19-3)20-10-15-6-8-16(9-7-15)12-23(4)5;/h6-9H,10-12H2,1-5H3,(H2,19,20,21);1H. The zero-order chi connectivity index (χ0) is 17.5. The van der Waals surface area contributed by atoms with Crippen molar-refractivity contribution in [2.24, 2.45) is 4.99 Å². The van der Waals surface area contributed by atoms with Gasteiger partial charge in [0.1, 0.15) is 0 Å². The number of thiazole rings is 1. The predicted molar refractivity (Wildman–Crippen MR) is 118 cm³/mol. The Balaban J connectivity index is 0.00000312. The molecular formula is C18H28IN5S. The SMILES string of the molecule is CN=C(NCc1ccc(CN(C)C)cc1)NCc1sc(C)nc1C.I. The molecule has 7 heteroatoms. The van der Waals surface area contributed by atoms with Gasteiger partial charge in [0.15, 0.2) is 5.96 Å². The molecule has 0 aliphatic heterocycles. The van der Waals surface area contributed by atoms with E-state index >= 15 is 0 Å². The van der Waals surface area contributed by atoms with Gasteiger partial charge < -0.3 is 15.5 Å². The van der Waals surface area contributed by atoms with Gasteiger partial charge in [0, 0.05) is 25.0 Å². The van der Waals surface area contributed by atoms with Crippen LogP contribution in [0.25, 0.3) is 0 Å². The van der Waals surface area contributed by atoms with Crippen LogP contribution in [0.3, 0.4) is 0 Å². The highest BCUT2D eigenvalue weighted by molar-refractivity contribution is 14.0. The molecule has 0 atom stereocenters. The molecular weight excluding hydrogens is 445 g/mol. The van der Waals surface area contributed by atoms with Gasteiger partial charge in [0.25, 0.3) is 0 Å². The van der Waals surface area contributed by atoms with E-state index in [9.17, 15) is 0 Å². The fourth-order valence-electron chi connectivity index (χ4n) is 2.44. The van der Waals surface area contributed by atoms with Crippen LogP contribution in [0.2, 0.25) is 0 Å². The second-order valence-electron chi connectivity index (χ2n) is 6.08. The van der Waals surface area contributed by atoms with Gasteiger partial charge in [-0.15, -0.1) is 35.3 Å². The van der Waals surface area contributed by atoms with E-state index in [-0.39, 0.29) is 24.0 Å². The Bertz CT molecular complexity index is 679. The summed E-state index contributed by atoms with van der Waals surface area (Å²) in [5.74, 6) is 0.804. The molecule has 0 aliphatic rings. The molecule has 138 valence electrons. The van der Waals surface area contributed by atoms with E-state index in [1.54, 1.807) is 18.4 Å². The van der Waals surface area contributed by atoms with Gasteiger partial charge in [-0.25, -0.2) is 4.98 Å². The Morgan fingerprint density at radius 3 is 2.20 bits per heavy atom. The first-order valence-corrected chi connectivity index (χ1v) is 8.89. The summed E-state index contributed by atoms with van der Waals surface area (Å²) < 4.78 is 0. The lowest BCUT2D eigenvalue weighted by molar-refractivity contribution is 0.402. The first kappa shape index (κ1) is 21.9. The third-order valence-electron chi connectivity index (χ3n) is 3.62. The number of aliphatic imine (C=N–C) groups is 1. The molecule has 2 N–H and O–H groups in total. The highest BCUT2D eigenvalue weighted by Crippen LogP contribution is 2.16. The quantitative estimate of drug-likeness (QED) is 0.384. The van der Waals surface area contributed by atoms with Crippen LogP contribution in [0, 0.1) is 13.8 Å². The number of hydrogen-bond acceptors (Lipinski definition) is 4. The summed E-state index contributed by atoms with van der Waals surface area (Å²) in [5.41, 5.74) is 3.66. The van der Waals surface area contributed by atoms with Crippen molar-refractivity contribution in [1.29, 1.82) is 0 Å². The molecule has 5 nitrogen and oxygen atoms in total. The minimum atomic E-state index is 0. The topological polar surface area (TPSA) is 52.6 Å². The predicted octanol–water partition coefficient (Wildman–Crippen LogP) is 3.30. The summed E-state index contributed by atoms with van der Waals surface area (Å²) in [6.45, 7) is 6.55. The second kappa shape index (κ2) is 10.7. The summed E-state index contributed by atoms with van der Waals surface area (Å²) >= 11 is 1.73. The van der Waals surface area contributed by atoms with Crippen molar-refractivity contribution in [3.8, 4) is 0 Å². The normalized spacial score (nSPS) is 11.4. The number of aryl methyl sites for hydroxylation is 2. The minimum Gasteiger partial charge on any atom is -0.352 e. The molecule has 1 aromatic carbocycles. The smallest absolute Gasteiger partial charge is 0.191 e. The van der Waals surface area contributed by atoms with Crippen LogP contribution in [0.4, 0.5) is 0 Å². The van der Waals surface area contributed by atoms with Crippen LogP contribution in [-0.2, 0) is 19.6 Å². The van der Waals surface area contributed by atoms with Gasteiger partial charge in [-0.1, -0.05) is 24.3 Å². The molecule has 0 spiro atoms. The fourth-order valence-corrected chi connectivity index (χ4v) is 3.31. The Labute approximate surface area is 172 Å². The summed E-state index contributed by atoms with van der Waals surface area (Å²) in [5, 5.41) is 7.81. The number of hydrogen-bond donors (Lipinski definition) is 2. The van der Waals surface area contributed by atoms with Gasteiger partial charge in [-0.3, -0.25) is 4.99 Å². The van der Waals surface area contributed by atoms with Gasteiger partial charge in [0.2, 0.25) is 0 Å². The maximum atomic E-state index is 4.45. The van der Waals surface area contributed by atoms with E-state index < -0.39 is 0 Å². The van der Waals surface area contributed by atoms with Crippen LogP contribution in [0.15, 0.2) is 29.3 Å². The molecule has 0 bridgehead atoms. The lowest BCUT2D eigenvalue weighted by Gasteiger charge is -2.13. The third-order valence-corrected chi connectivity index (χ3v) is 4.69. The Kier molecular flexibility index (Phi) is 9.37. The van der Waals surface area contributed by atoms with E-state index in [0.717, 1.165) is 36.3 Å². The summed E-state index contributed by atoms with van der Waals surface area (Å²) in [6, 6.07) is 8.68. The van der Waals surface area contributed by atoms with E-state index in [1.165, 1.54) is 16.0 Å². The molecule has 2 aromatic rings. The van der Waals surface area contributed by atoms with Gasteiger partial charge in [-0.2, -0.15) is 0 Å². The highest BCUT2D eigenvalue weighted by atomic mass is 127. The van der Waals surface area contributed by atoms with E-state index in [4.69, 9.17) is 0 Å². The number of benzene rings is 1. The molecule has 0 amide bonds. The fraction of sp³-hybridized carbons (Fsp3) is 0.444. The number of halogens is 1. The summed E-state index contributed by atoms with van der Waals surface area (Å²) in [6.07, 6.45) is 0. The first-order chi connectivity index (χ1) is 11.5. The molecule has 1 aromatic heterocycles. The lowest BCUT2D eigenvalue weighted by Crippen LogP contribution is -2.36. The molecule has 1 heterocycles. The Morgan fingerprint density at radius 2 is 1.68 bits per heavy atom. The summed E-state index contributed by atoms with van der Waals surface area (Å²) in [4.78, 5) is 12.2. The van der Waals surface area contributed by atoms with Crippen molar-refractivity contribution in [3.05, 3.63) is 51.0 Å². The highest BCUT2D eigenvalue weighted by Gasteiger charge is 2.06. The van der Waals surface area contributed by atoms with Gasteiger partial charge in [-0.05, 0) is 39.1 Å². The zero-order valence-corrected chi connectivity index (χ0v) is 18.7. The van der Waals surface area contributed by atoms with Crippen molar-refractivity contribution in [1.82, 2.24) is 20.5 Å². The molecule has 0 unspecified atom stereocenters. The number of nitrogens with one attached hydrogen (secondary N) is 2. The summed E-state index contributed by atoms with van der Waals surface area (Å²) in [7, 11) is 5.95. The molecule has 0 fully saturated rings. The van der Waals surface area contributed by atoms with Crippen molar-refractivity contribution in [3.63, 3.8) is 0 Å². The van der Waals surface area contributed by atoms with Crippen LogP contribution in [0.5, 0.6) is 0 Å². The van der Waals surface area contributed by atoms with Crippen molar-refractivity contribution in [2.45, 2.75) is 33.5 Å². The molecule has 0 saturated carbocycles. The minimum absolute atomic E-state index is 0. The van der Waals surface area contributed by atoms with E-state index in [0.29, 0.717) is 0 Å². The van der Waals surface area contributed by atoms with Gasteiger partial charge >= 0.3 is 0 Å². The average molecular weight is 473 g/mol. The van der Waals surface area contributed by atoms with Crippen LogP contribution in [0.1, 0.15) is 26.7 Å². The zero-order valence-electron chi connectivity index (χ0n) is 15.6. The maximum absolute atomic E-state index is 4.45. The molecule has 25 heavy (non-hydrogen) atoms. The largest absolute Gasteiger partial charge is 0.352 e. The van der Waals surface area contributed by atoms with E-state index in [2.05, 4.69) is 63.9 Å². The molecule has 0 aliphatic carbocycles. The van der Waals surface area contributed by atoms with Crippen molar-refractivity contribution < 1.29 is 0 Å². The average Bonchev–Trinajstić information content (AvgIpc) is 2.86. The van der Waals surface area contributed by atoms with Crippen LogP contribution >= 0.6 is 35.3 Å². The number of guanidine groups is 1. The van der Waals surface area contributed by atoms with E-state index in [1.807, 2.05) is 13.8 Å². The first-order valence-electron chi connectivity index (χ1n) is 8.08. The second-order valence-corrected chi connectivity index (χ2v) is 7.36. The number of rotatable bonds is 6. The number of nitrogens with zero attached hydrogens (tertiary/aromatic N) is 3. The van der Waals surface area contributed by atoms with Crippen LogP contribution in [-0.4, -0.2) is 37.0 Å². The molecule has 0 radical (unpaired) electrons. The third kappa shape index (κ3) is 7.29. The van der Waals surface area contributed by atoms with Crippen LogP contribution < -0.4 is 10.6 Å². The lowest BCUT2D eigenvalue weighted by atomic mass is 10.1. The van der Waals surface area contributed by atoms with Gasteiger partial charge in [0.05, 0.1) is 17.2 Å². The molecule has 0 saturated heterocycles. The Morgan fingerprint density at radius 1 is 1.08 bits per heavy atom.